The molecule has 2 aliphatic rings. The molecule has 0 bridgehead atoms. The van der Waals surface area contributed by atoms with E-state index in [0.29, 0.717) is 11.2 Å². The third kappa shape index (κ3) is 1.34. The van der Waals surface area contributed by atoms with E-state index in [1.165, 1.54) is 0 Å². The minimum Gasteiger partial charge on any atom is -0.494 e. The number of hydrogen-bond acceptors (Lipinski definition) is 5. The molecule has 2 fully saturated rings. The fourth-order valence-electron chi connectivity index (χ4n) is 2.06. The SMILES string of the molecule is COc1cnc(N2CC3(COC3)C2)nc1. The molecule has 2 saturated heterocycles. The molecule has 0 aliphatic carbocycles. The Balaban J connectivity index is 1.67. The van der Waals surface area contributed by atoms with Gasteiger partial charge >= 0.3 is 0 Å². The highest BCUT2D eigenvalue weighted by Gasteiger charge is 2.49. The summed E-state index contributed by atoms with van der Waals surface area (Å²) in [6.45, 7) is 3.80. The summed E-state index contributed by atoms with van der Waals surface area (Å²) in [4.78, 5) is 10.7. The number of hydrogen-bond donors (Lipinski definition) is 0. The first-order chi connectivity index (χ1) is 7.31. The highest BCUT2D eigenvalue weighted by molar-refractivity contribution is 5.38. The van der Waals surface area contributed by atoms with Crippen LogP contribution < -0.4 is 9.64 Å². The van der Waals surface area contributed by atoms with E-state index in [2.05, 4.69) is 14.9 Å². The Bertz CT molecular complexity index is 353. The first-order valence-electron chi connectivity index (χ1n) is 5.00. The summed E-state index contributed by atoms with van der Waals surface area (Å²) in [5.41, 5.74) is 0.406. The van der Waals surface area contributed by atoms with Crippen LogP contribution in [0.25, 0.3) is 0 Å². The molecule has 80 valence electrons. The second-order valence-corrected chi connectivity index (χ2v) is 4.27. The maximum atomic E-state index is 5.21. The largest absolute Gasteiger partial charge is 0.494 e. The zero-order valence-electron chi connectivity index (χ0n) is 8.64. The molecule has 15 heavy (non-hydrogen) atoms. The van der Waals surface area contributed by atoms with Crippen molar-refractivity contribution in [2.45, 2.75) is 0 Å². The maximum absolute atomic E-state index is 5.21. The average molecular weight is 207 g/mol. The summed E-state index contributed by atoms with van der Waals surface area (Å²) in [7, 11) is 1.61. The fraction of sp³-hybridized carbons (Fsp3) is 0.600. The van der Waals surface area contributed by atoms with Gasteiger partial charge in [0.15, 0.2) is 5.75 Å². The molecule has 0 atom stereocenters. The minimum atomic E-state index is 0.406. The molecule has 0 saturated carbocycles. The molecule has 1 aromatic rings. The Hall–Kier alpha value is -1.36. The van der Waals surface area contributed by atoms with Crippen molar-refractivity contribution in [2.75, 3.05) is 38.3 Å². The maximum Gasteiger partial charge on any atom is 0.225 e. The molecule has 1 aromatic heterocycles. The van der Waals surface area contributed by atoms with Crippen molar-refractivity contribution in [2.24, 2.45) is 5.41 Å². The molecule has 0 radical (unpaired) electrons. The second-order valence-electron chi connectivity index (χ2n) is 4.27. The standard InChI is InChI=1S/C10H13N3O2/c1-14-8-2-11-9(12-3-8)13-4-10(5-13)6-15-7-10/h2-3H,4-7H2,1H3. The van der Waals surface area contributed by atoms with Crippen LogP contribution >= 0.6 is 0 Å². The Kier molecular flexibility index (Phi) is 1.82. The first-order valence-corrected chi connectivity index (χ1v) is 5.00. The number of rotatable bonds is 2. The van der Waals surface area contributed by atoms with Crippen LogP contribution in [0, 0.1) is 5.41 Å². The third-order valence-electron chi connectivity index (χ3n) is 3.00. The highest BCUT2D eigenvalue weighted by atomic mass is 16.5. The molecule has 0 unspecified atom stereocenters. The van der Waals surface area contributed by atoms with Crippen LogP contribution in [0.15, 0.2) is 12.4 Å². The van der Waals surface area contributed by atoms with Crippen LogP contribution in [0.1, 0.15) is 0 Å². The van der Waals surface area contributed by atoms with E-state index in [1.807, 2.05) is 0 Å². The van der Waals surface area contributed by atoms with Crippen LogP contribution in [0.2, 0.25) is 0 Å². The van der Waals surface area contributed by atoms with Crippen molar-refractivity contribution >= 4 is 5.95 Å². The van der Waals surface area contributed by atoms with Gasteiger partial charge in [-0.25, -0.2) is 9.97 Å². The number of ether oxygens (including phenoxy) is 2. The number of anilines is 1. The molecule has 2 aliphatic heterocycles. The Morgan fingerprint density at radius 3 is 2.47 bits per heavy atom. The zero-order valence-corrected chi connectivity index (χ0v) is 8.64. The Morgan fingerprint density at radius 2 is 2.00 bits per heavy atom. The fourth-order valence-corrected chi connectivity index (χ4v) is 2.06. The van der Waals surface area contributed by atoms with Crippen molar-refractivity contribution in [3.8, 4) is 5.75 Å². The minimum absolute atomic E-state index is 0.406. The average Bonchev–Trinajstić information content (AvgIpc) is 2.14. The van der Waals surface area contributed by atoms with Crippen LogP contribution in [-0.4, -0.2) is 43.4 Å². The lowest BCUT2D eigenvalue weighted by atomic mass is 9.78. The van der Waals surface area contributed by atoms with E-state index in [4.69, 9.17) is 9.47 Å². The van der Waals surface area contributed by atoms with Crippen molar-refractivity contribution < 1.29 is 9.47 Å². The van der Waals surface area contributed by atoms with Crippen molar-refractivity contribution in [1.29, 1.82) is 0 Å². The van der Waals surface area contributed by atoms with E-state index in [9.17, 15) is 0 Å². The van der Waals surface area contributed by atoms with E-state index >= 15 is 0 Å². The van der Waals surface area contributed by atoms with Gasteiger partial charge in [-0.1, -0.05) is 0 Å². The molecule has 3 heterocycles. The molecule has 0 aromatic carbocycles. The van der Waals surface area contributed by atoms with E-state index in [1.54, 1.807) is 19.5 Å². The zero-order chi connectivity index (χ0) is 10.3. The first kappa shape index (κ1) is 8.91. The van der Waals surface area contributed by atoms with Gasteiger partial charge in [0.2, 0.25) is 5.95 Å². The Morgan fingerprint density at radius 1 is 1.33 bits per heavy atom. The third-order valence-corrected chi connectivity index (χ3v) is 3.00. The monoisotopic (exact) mass is 207 g/mol. The van der Waals surface area contributed by atoms with E-state index in [0.717, 1.165) is 32.3 Å². The van der Waals surface area contributed by atoms with Gasteiger partial charge < -0.3 is 14.4 Å². The lowest BCUT2D eigenvalue weighted by Gasteiger charge is -2.54. The van der Waals surface area contributed by atoms with Crippen LogP contribution in [-0.2, 0) is 4.74 Å². The van der Waals surface area contributed by atoms with Gasteiger partial charge in [-0.3, -0.25) is 0 Å². The molecule has 0 N–H and O–H groups in total. The molecule has 3 rings (SSSR count). The normalized spacial score (nSPS) is 22.1. The summed E-state index contributed by atoms with van der Waals surface area (Å²) in [5.74, 6) is 1.48. The molecule has 5 nitrogen and oxygen atoms in total. The summed E-state index contributed by atoms with van der Waals surface area (Å²) in [5, 5.41) is 0. The highest BCUT2D eigenvalue weighted by Crippen LogP contribution is 2.38. The van der Waals surface area contributed by atoms with Gasteiger partial charge in [0.05, 0.1) is 38.1 Å². The van der Waals surface area contributed by atoms with Crippen LogP contribution in [0.4, 0.5) is 5.95 Å². The van der Waals surface area contributed by atoms with Crippen LogP contribution in [0.5, 0.6) is 5.75 Å². The van der Waals surface area contributed by atoms with Crippen molar-refractivity contribution in [3.05, 3.63) is 12.4 Å². The lowest BCUT2D eigenvalue weighted by Crippen LogP contribution is -2.66. The summed E-state index contributed by atoms with van der Waals surface area (Å²) in [6.07, 6.45) is 3.40. The van der Waals surface area contributed by atoms with Gasteiger partial charge in [0, 0.05) is 13.1 Å². The number of aromatic nitrogens is 2. The molecular weight excluding hydrogens is 194 g/mol. The predicted octanol–water partition coefficient (Wildman–Crippen LogP) is 0.322. The number of methoxy groups -OCH3 is 1. The second kappa shape index (κ2) is 3.06. The summed E-state index contributed by atoms with van der Waals surface area (Å²) < 4.78 is 10.2. The topological polar surface area (TPSA) is 47.5 Å². The molecule has 0 amide bonds. The van der Waals surface area contributed by atoms with Gasteiger partial charge in [-0.15, -0.1) is 0 Å². The predicted molar refractivity (Wildman–Crippen MR) is 54.0 cm³/mol. The van der Waals surface area contributed by atoms with Gasteiger partial charge in [0.1, 0.15) is 0 Å². The molecule has 1 spiro atoms. The van der Waals surface area contributed by atoms with Crippen molar-refractivity contribution in [1.82, 2.24) is 9.97 Å². The van der Waals surface area contributed by atoms with E-state index < -0.39 is 0 Å². The smallest absolute Gasteiger partial charge is 0.225 e. The molecule has 5 heteroatoms. The van der Waals surface area contributed by atoms with Crippen LogP contribution in [0.3, 0.4) is 0 Å². The van der Waals surface area contributed by atoms with Gasteiger partial charge in [0.25, 0.3) is 0 Å². The van der Waals surface area contributed by atoms with Gasteiger partial charge in [-0.05, 0) is 0 Å². The molecular formula is C10H13N3O2. The Labute approximate surface area is 88.0 Å². The van der Waals surface area contributed by atoms with Crippen molar-refractivity contribution in [3.63, 3.8) is 0 Å². The quantitative estimate of drug-likeness (QED) is 0.699. The van der Waals surface area contributed by atoms with Gasteiger partial charge in [-0.2, -0.15) is 0 Å². The number of nitrogens with zero attached hydrogens (tertiary/aromatic N) is 3. The lowest BCUT2D eigenvalue weighted by molar-refractivity contribution is -0.127. The summed E-state index contributed by atoms with van der Waals surface area (Å²) >= 11 is 0. The summed E-state index contributed by atoms with van der Waals surface area (Å²) in [6, 6.07) is 0. The van der Waals surface area contributed by atoms with E-state index in [-0.39, 0.29) is 0 Å².